The van der Waals surface area contributed by atoms with E-state index in [1.165, 1.54) is 23.1 Å². The molecule has 234 valence electrons. The topological polar surface area (TPSA) is 124 Å². The fraction of sp³-hybridized carbons (Fsp3) is 0.400. The summed E-state index contributed by atoms with van der Waals surface area (Å²) in [4.78, 5) is 33.8. The Morgan fingerprint density at radius 1 is 1.16 bits per heavy atom. The number of nitrogens with zero attached hydrogens (tertiary/aromatic N) is 4. The van der Waals surface area contributed by atoms with Gasteiger partial charge in [-0.15, -0.1) is 11.3 Å². The summed E-state index contributed by atoms with van der Waals surface area (Å²) in [6, 6.07) is 10.3. The van der Waals surface area contributed by atoms with Gasteiger partial charge in [0.25, 0.3) is 5.56 Å². The summed E-state index contributed by atoms with van der Waals surface area (Å²) in [5.74, 6) is 0.325. The zero-order valence-corrected chi connectivity index (χ0v) is 25.6. The molecular weight excluding hydrogens is 619 g/mol. The van der Waals surface area contributed by atoms with Gasteiger partial charge in [0.05, 0.1) is 35.3 Å². The minimum Gasteiger partial charge on any atom is -0.447 e. The Bertz CT molecular complexity index is 1730. The van der Waals surface area contributed by atoms with Crippen molar-refractivity contribution < 1.29 is 27.8 Å². The average molecular weight is 650 g/mol. The predicted octanol–water partition coefficient (Wildman–Crippen LogP) is 6.13. The van der Waals surface area contributed by atoms with E-state index in [4.69, 9.17) is 22.1 Å². The van der Waals surface area contributed by atoms with Gasteiger partial charge in [-0.05, 0) is 62.9 Å². The zero-order chi connectivity index (χ0) is 31.8. The number of carbonyl (C=O) groups excluding carboxylic acids is 1. The fourth-order valence-electron chi connectivity index (χ4n) is 5.17. The summed E-state index contributed by atoms with van der Waals surface area (Å²) in [6.07, 6.45) is -0.281. The van der Waals surface area contributed by atoms with Crippen LogP contribution in [-0.4, -0.2) is 55.4 Å². The molecule has 2 aromatic carbocycles. The number of nitrogen functional groups attached to an aromatic ring is 1. The van der Waals surface area contributed by atoms with Crippen LogP contribution in [0.25, 0.3) is 21.5 Å². The van der Waals surface area contributed by atoms with E-state index in [-0.39, 0.29) is 51.8 Å². The largest absolute Gasteiger partial charge is 0.447 e. The number of fused-ring (bicyclic) bond motifs is 2. The molecule has 6 rings (SSSR count). The molecule has 0 saturated carbocycles. The highest BCUT2D eigenvalue weighted by molar-refractivity contribution is 7.15. The van der Waals surface area contributed by atoms with Gasteiger partial charge in [0, 0.05) is 29.2 Å². The van der Waals surface area contributed by atoms with Crippen molar-refractivity contribution in [3.63, 3.8) is 0 Å². The number of alkyl halides is 3. The third kappa shape index (κ3) is 7.16. The number of benzene rings is 2. The van der Waals surface area contributed by atoms with E-state index < -0.39 is 16.7 Å². The molecule has 1 atom stereocenters. The van der Waals surface area contributed by atoms with E-state index in [2.05, 4.69) is 9.97 Å². The van der Waals surface area contributed by atoms with Gasteiger partial charge in [-0.25, -0.2) is 14.8 Å². The summed E-state index contributed by atoms with van der Waals surface area (Å²) in [6.45, 7) is 4.91. The molecular formula is C30H31ClF3N5O4S. The van der Waals surface area contributed by atoms with Crippen molar-refractivity contribution >= 4 is 45.6 Å². The van der Waals surface area contributed by atoms with Crippen LogP contribution >= 0.6 is 22.9 Å². The van der Waals surface area contributed by atoms with E-state index in [0.717, 1.165) is 31.1 Å². The number of aliphatic hydroxyl groups is 1. The van der Waals surface area contributed by atoms with E-state index in [9.17, 15) is 27.9 Å². The maximum absolute atomic E-state index is 13.4. The van der Waals surface area contributed by atoms with Crippen LogP contribution in [0.4, 0.5) is 23.7 Å². The van der Waals surface area contributed by atoms with Crippen molar-refractivity contribution in [3.05, 3.63) is 74.2 Å². The van der Waals surface area contributed by atoms with Gasteiger partial charge in [-0.2, -0.15) is 13.2 Å². The lowest BCUT2D eigenvalue weighted by atomic mass is 10.0. The van der Waals surface area contributed by atoms with E-state index >= 15 is 0 Å². The summed E-state index contributed by atoms with van der Waals surface area (Å²) in [7, 11) is 0. The Hall–Kier alpha value is -3.68. The van der Waals surface area contributed by atoms with Gasteiger partial charge >= 0.3 is 12.3 Å². The number of hydrogen-bond donors (Lipinski definition) is 2. The number of piperidine rings is 1. The smallest absolute Gasteiger partial charge is 0.427 e. The molecule has 2 aromatic heterocycles. The molecule has 44 heavy (non-hydrogen) atoms. The SMILES string of the molecule is CC(C)(O)Cc1nc2cc(-c3ncc(C(F)(F)F)s3)c(N)cc2c(=O)n1Cc1ccc(Cl)cc1.O=C1OCC2CCCCN12. The standard InChI is InChI=1S/C23H20ClF3N4O2S.C7H11NO2/c1-22(2,33)9-19-30-17-8-14(20-29-10-18(34-20)23(25,26)27)16(28)7-15(17)21(32)31(19)11-12-3-5-13(24)6-4-12;9-7-8-4-2-1-3-6(8)5-10-7/h3-8,10,33H,9,11,28H2,1-2H3;6H,1-5H2. The molecule has 9 nitrogen and oxygen atoms in total. The van der Waals surface area contributed by atoms with E-state index in [0.29, 0.717) is 34.8 Å². The fourth-order valence-corrected chi connectivity index (χ4v) is 6.12. The summed E-state index contributed by atoms with van der Waals surface area (Å²) in [5, 5.41) is 11.2. The third-order valence-electron chi connectivity index (χ3n) is 7.33. The van der Waals surface area contributed by atoms with Crippen LogP contribution in [0.5, 0.6) is 0 Å². The Kier molecular flexibility index (Phi) is 8.92. The van der Waals surface area contributed by atoms with Gasteiger partial charge in [-0.1, -0.05) is 23.7 Å². The molecule has 2 fully saturated rings. The maximum atomic E-state index is 13.4. The van der Waals surface area contributed by atoms with Crippen LogP contribution in [0.2, 0.25) is 5.02 Å². The minimum absolute atomic E-state index is 0.0704. The molecule has 0 aliphatic carbocycles. The highest BCUT2D eigenvalue weighted by Gasteiger charge is 2.35. The zero-order valence-electron chi connectivity index (χ0n) is 24.0. The van der Waals surface area contributed by atoms with E-state index in [1.54, 1.807) is 38.1 Å². The Morgan fingerprint density at radius 3 is 2.52 bits per heavy atom. The van der Waals surface area contributed by atoms with Crippen molar-refractivity contribution in [2.24, 2.45) is 0 Å². The number of rotatable bonds is 5. The third-order valence-corrected chi connectivity index (χ3v) is 8.65. The predicted molar refractivity (Wildman–Crippen MR) is 163 cm³/mol. The van der Waals surface area contributed by atoms with Crippen molar-refractivity contribution in [2.75, 3.05) is 18.9 Å². The molecule has 0 radical (unpaired) electrons. The maximum Gasteiger partial charge on any atom is 0.427 e. The number of carbonyl (C=O) groups is 1. The Balaban J connectivity index is 0.000000322. The lowest BCUT2D eigenvalue weighted by Crippen LogP contribution is -2.37. The van der Waals surface area contributed by atoms with Crippen LogP contribution in [0.15, 0.2) is 47.4 Å². The number of hydrogen-bond acceptors (Lipinski definition) is 8. The number of cyclic esters (lactones) is 1. The molecule has 1 amide bonds. The summed E-state index contributed by atoms with van der Waals surface area (Å²) >= 11 is 6.42. The molecule has 14 heteroatoms. The molecule has 1 unspecified atom stereocenters. The number of nitrogens with two attached hydrogens (primary N) is 1. The number of halogens is 4. The molecule has 4 heterocycles. The second kappa shape index (κ2) is 12.4. The quantitative estimate of drug-likeness (QED) is 0.250. The molecule has 2 aliphatic rings. The van der Waals surface area contributed by atoms with Crippen molar-refractivity contribution in [3.8, 4) is 10.6 Å². The van der Waals surface area contributed by atoms with Crippen LogP contribution in [0.1, 0.15) is 49.4 Å². The molecule has 2 aliphatic heterocycles. The number of aromatic nitrogens is 3. The highest BCUT2D eigenvalue weighted by Crippen LogP contribution is 2.39. The first-order valence-corrected chi connectivity index (χ1v) is 15.2. The van der Waals surface area contributed by atoms with Crippen molar-refractivity contribution in [2.45, 2.75) is 63.9 Å². The molecule has 3 N–H and O–H groups in total. The highest BCUT2D eigenvalue weighted by atomic mass is 35.5. The Morgan fingerprint density at radius 2 is 1.89 bits per heavy atom. The lowest BCUT2D eigenvalue weighted by Gasteiger charge is -2.25. The van der Waals surface area contributed by atoms with Crippen molar-refractivity contribution in [1.29, 1.82) is 0 Å². The van der Waals surface area contributed by atoms with Crippen LogP contribution < -0.4 is 11.3 Å². The van der Waals surface area contributed by atoms with Crippen LogP contribution in [-0.2, 0) is 23.9 Å². The summed E-state index contributed by atoms with van der Waals surface area (Å²) < 4.78 is 45.4. The van der Waals surface area contributed by atoms with Crippen LogP contribution in [0, 0.1) is 0 Å². The normalized spacial score (nSPS) is 16.8. The van der Waals surface area contributed by atoms with Gasteiger partial charge in [0.2, 0.25) is 0 Å². The number of ether oxygens (including phenoxy) is 1. The first kappa shape index (κ1) is 31.7. The summed E-state index contributed by atoms with van der Waals surface area (Å²) in [5.41, 5.74) is 6.00. The number of thiazole rings is 1. The van der Waals surface area contributed by atoms with Gasteiger partial charge in [0.1, 0.15) is 22.3 Å². The van der Waals surface area contributed by atoms with Gasteiger partial charge < -0.3 is 20.5 Å². The molecule has 0 bridgehead atoms. The molecule has 2 saturated heterocycles. The van der Waals surface area contributed by atoms with Crippen molar-refractivity contribution in [1.82, 2.24) is 19.4 Å². The van der Waals surface area contributed by atoms with E-state index in [1.807, 2.05) is 4.90 Å². The van der Waals surface area contributed by atoms with Crippen LogP contribution in [0.3, 0.4) is 0 Å². The average Bonchev–Trinajstić information content (AvgIpc) is 3.60. The van der Waals surface area contributed by atoms with Gasteiger partial charge in [-0.3, -0.25) is 9.36 Å². The second-order valence-electron chi connectivity index (χ2n) is 11.4. The number of amides is 1. The molecule has 4 aromatic rings. The molecule has 0 spiro atoms. The Labute approximate surface area is 260 Å². The first-order valence-electron chi connectivity index (χ1n) is 14.0. The first-order chi connectivity index (χ1) is 20.7. The minimum atomic E-state index is -4.52. The number of anilines is 1. The lowest BCUT2D eigenvalue weighted by molar-refractivity contribution is -0.134. The van der Waals surface area contributed by atoms with Gasteiger partial charge in [0.15, 0.2) is 0 Å². The second-order valence-corrected chi connectivity index (χ2v) is 12.9. The monoisotopic (exact) mass is 649 g/mol.